The highest BCUT2D eigenvalue weighted by Gasteiger charge is 2.28. The van der Waals surface area contributed by atoms with Gasteiger partial charge in [0.1, 0.15) is 30.3 Å². The number of ether oxygens (including phenoxy) is 2. The van der Waals surface area contributed by atoms with Gasteiger partial charge in [0.15, 0.2) is 0 Å². The Balaban J connectivity index is 1.69. The second kappa shape index (κ2) is 8.71. The van der Waals surface area contributed by atoms with Crippen LogP contribution in [-0.2, 0) is 9.59 Å². The van der Waals surface area contributed by atoms with Crippen LogP contribution in [0.2, 0.25) is 0 Å². The average molecular weight is 445 g/mol. The second-order valence-corrected chi connectivity index (χ2v) is 6.90. The van der Waals surface area contributed by atoms with Crippen molar-refractivity contribution >= 4 is 39.9 Å². The molecule has 2 aromatic rings. The largest absolute Gasteiger partial charge is 0.490 e. The Hall–Kier alpha value is -3.13. The molecule has 2 aromatic carbocycles. The van der Waals surface area contributed by atoms with Crippen molar-refractivity contribution in [2.45, 2.75) is 6.92 Å². The first-order chi connectivity index (χ1) is 13.4. The molecule has 0 radical (unpaired) electrons. The standard InChI is InChI=1S/C20H17BrN2O5/c1-12-2-5-15(6-3-12)27-8-9-28-17-7-4-14(21)10-13(17)11-16-18(24)22-20(26)23-19(16)25/h2-7,10-11H,8-9H2,1H3,(H2,22,23,24,25,26). The van der Waals surface area contributed by atoms with Gasteiger partial charge in [-0.05, 0) is 43.3 Å². The number of amides is 4. The number of barbiturate groups is 1. The Bertz CT molecular complexity index is 932. The van der Waals surface area contributed by atoms with Gasteiger partial charge < -0.3 is 9.47 Å². The van der Waals surface area contributed by atoms with Crippen LogP contribution >= 0.6 is 15.9 Å². The van der Waals surface area contributed by atoms with Gasteiger partial charge in [-0.2, -0.15) is 0 Å². The number of hydrogen-bond donors (Lipinski definition) is 2. The van der Waals surface area contributed by atoms with Crippen LogP contribution in [0.1, 0.15) is 11.1 Å². The molecule has 0 aliphatic carbocycles. The number of aryl methyl sites for hydroxylation is 1. The average Bonchev–Trinajstić information content (AvgIpc) is 2.64. The maximum atomic E-state index is 11.9. The molecule has 0 spiro atoms. The van der Waals surface area contributed by atoms with Crippen LogP contribution in [0.15, 0.2) is 52.5 Å². The molecule has 1 saturated heterocycles. The van der Waals surface area contributed by atoms with Gasteiger partial charge in [-0.15, -0.1) is 0 Å². The summed E-state index contributed by atoms with van der Waals surface area (Å²) in [6.07, 6.45) is 1.37. The monoisotopic (exact) mass is 444 g/mol. The maximum absolute atomic E-state index is 11.9. The molecule has 0 atom stereocenters. The molecule has 0 saturated carbocycles. The fourth-order valence-corrected chi connectivity index (χ4v) is 2.85. The SMILES string of the molecule is Cc1ccc(OCCOc2ccc(Br)cc2C=C2C(=O)NC(=O)NC2=O)cc1. The van der Waals surface area contributed by atoms with Crippen molar-refractivity contribution < 1.29 is 23.9 Å². The zero-order valence-electron chi connectivity index (χ0n) is 15.0. The predicted molar refractivity (Wildman–Crippen MR) is 106 cm³/mol. The number of carbonyl (C=O) groups is 3. The van der Waals surface area contributed by atoms with Gasteiger partial charge >= 0.3 is 6.03 Å². The van der Waals surface area contributed by atoms with E-state index in [1.54, 1.807) is 18.2 Å². The first-order valence-corrected chi connectivity index (χ1v) is 9.22. The summed E-state index contributed by atoms with van der Waals surface area (Å²) in [7, 11) is 0. The third-order valence-electron chi connectivity index (χ3n) is 3.85. The van der Waals surface area contributed by atoms with E-state index in [0.717, 1.165) is 15.8 Å². The molecule has 4 amide bonds. The molecule has 144 valence electrons. The van der Waals surface area contributed by atoms with E-state index in [2.05, 4.69) is 15.9 Å². The van der Waals surface area contributed by atoms with Crippen molar-refractivity contribution in [1.29, 1.82) is 0 Å². The molecule has 1 aliphatic heterocycles. The molecule has 1 heterocycles. The van der Waals surface area contributed by atoms with Crippen molar-refractivity contribution in [3.63, 3.8) is 0 Å². The number of hydrogen-bond acceptors (Lipinski definition) is 5. The molecule has 0 aromatic heterocycles. The molecule has 3 rings (SSSR count). The summed E-state index contributed by atoms with van der Waals surface area (Å²) in [4.78, 5) is 35.0. The van der Waals surface area contributed by atoms with Crippen LogP contribution in [0.25, 0.3) is 6.08 Å². The number of imide groups is 2. The third kappa shape index (κ3) is 4.98. The highest BCUT2D eigenvalue weighted by molar-refractivity contribution is 9.10. The van der Waals surface area contributed by atoms with Gasteiger partial charge in [-0.1, -0.05) is 33.6 Å². The van der Waals surface area contributed by atoms with Crippen LogP contribution in [0.4, 0.5) is 4.79 Å². The van der Waals surface area contributed by atoms with Crippen LogP contribution in [0.3, 0.4) is 0 Å². The van der Waals surface area contributed by atoms with Crippen molar-refractivity contribution in [3.05, 3.63) is 63.6 Å². The van der Waals surface area contributed by atoms with Crippen molar-refractivity contribution in [1.82, 2.24) is 10.6 Å². The summed E-state index contributed by atoms with van der Waals surface area (Å²) in [5.41, 5.74) is 1.48. The lowest BCUT2D eigenvalue weighted by Gasteiger charge is -2.15. The number of rotatable bonds is 6. The summed E-state index contributed by atoms with van der Waals surface area (Å²) in [6.45, 7) is 2.59. The van der Waals surface area contributed by atoms with Crippen LogP contribution < -0.4 is 20.1 Å². The molecular formula is C20H17BrN2O5. The number of halogens is 1. The van der Waals surface area contributed by atoms with E-state index < -0.39 is 17.8 Å². The minimum Gasteiger partial charge on any atom is -0.490 e. The molecule has 0 bridgehead atoms. The Kier molecular flexibility index (Phi) is 6.10. The molecular weight excluding hydrogens is 428 g/mol. The fraction of sp³-hybridized carbons (Fsp3) is 0.150. The highest BCUT2D eigenvalue weighted by atomic mass is 79.9. The molecule has 8 heteroatoms. The second-order valence-electron chi connectivity index (χ2n) is 5.99. The molecule has 2 N–H and O–H groups in total. The Morgan fingerprint density at radius 2 is 1.57 bits per heavy atom. The lowest BCUT2D eigenvalue weighted by atomic mass is 10.1. The van der Waals surface area contributed by atoms with Crippen LogP contribution in [0, 0.1) is 6.92 Å². The smallest absolute Gasteiger partial charge is 0.328 e. The van der Waals surface area contributed by atoms with Gasteiger partial charge in [0.25, 0.3) is 11.8 Å². The number of carbonyl (C=O) groups excluding carboxylic acids is 3. The summed E-state index contributed by atoms with van der Waals surface area (Å²) in [5.74, 6) is -0.307. The highest BCUT2D eigenvalue weighted by Crippen LogP contribution is 2.26. The van der Waals surface area contributed by atoms with Gasteiger partial charge in [0.05, 0.1) is 0 Å². The van der Waals surface area contributed by atoms with Crippen molar-refractivity contribution in [2.24, 2.45) is 0 Å². The first-order valence-electron chi connectivity index (χ1n) is 8.42. The van der Waals surface area contributed by atoms with Gasteiger partial charge in [-0.3, -0.25) is 20.2 Å². The Morgan fingerprint density at radius 3 is 2.25 bits per heavy atom. The topological polar surface area (TPSA) is 93.7 Å². The minimum atomic E-state index is -0.842. The zero-order chi connectivity index (χ0) is 20.1. The van der Waals surface area contributed by atoms with E-state index in [1.807, 2.05) is 41.8 Å². The molecule has 1 fully saturated rings. The summed E-state index contributed by atoms with van der Waals surface area (Å²) in [5, 5.41) is 4.08. The predicted octanol–water partition coefficient (Wildman–Crippen LogP) is 2.96. The molecule has 0 unspecified atom stereocenters. The molecule has 1 aliphatic rings. The van der Waals surface area contributed by atoms with E-state index in [-0.39, 0.29) is 12.2 Å². The lowest BCUT2D eigenvalue weighted by molar-refractivity contribution is -0.123. The Labute approximate surface area is 169 Å². The van der Waals surface area contributed by atoms with Gasteiger partial charge in [0, 0.05) is 10.0 Å². The minimum absolute atomic E-state index is 0.182. The number of nitrogens with one attached hydrogen (secondary N) is 2. The normalized spacial score (nSPS) is 13.6. The Morgan fingerprint density at radius 1 is 0.929 bits per heavy atom. The van der Waals surface area contributed by atoms with Crippen LogP contribution in [0.5, 0.6) is 11.5 Å². The van der Waals surface area contributed by atoms with E-state index >= 15 is 0 Å². The number of urea groups is 1. The lowest BCUT2D eigenvalue weighted by Crippen LogP contribution is -2.51. The number of benzene rings is 2. The van der Waals surface area contributed by atoms with E-state index in [0.29, 0.717) is 17.9 Å². The van der Waals surface area contributed by atoms with Crippen molar-refractivity contribution in [2.75, 3.05) is 13.2 Å². The maximum Gasteiger partial charge on any atom is 0.328 e. The van der Waals surface area contributed by atoms with E-state index in [9.17, 15) is 14.4 Å². The summed E-state index contributed by atoms with van der Waals surface area (Å²) < 4.78 is 12.1. The van der Waals surface area contributed by atoms with Gasteiger partial charge in [0.2, 0.25) is 0 Å². The molecule has 28 heavy (non-hydrogen) atoms. The first kappa shape index (κ1) is 19.6. The van der Waals surface area contributed by atoms with Crippen molar-refractivity contribution in [3.8, 4) is 11.5 Å². The van der Waals surface area contributed by atoms with Gasteiger partial charge in [-0.25, -0.2) is 4.79 Å². The zero-order valence-corrected chi connectivity index (χ0v) is 16.5. The summed E-state index contributed by atoms with van der Waals surface area (Å²) >= 11 is 3.35. The van der Waals surface area contributed by atoms with E-state index in [4.69, 9.17) is 9.47 Å². The fourth-order valence-electron chi connectivity index (χ4n) is 2.47. The third-order valence-corrected chi connectivity index (χ3v) is 4.34. The summed E-state index contributed by atoms with van der Waals surface area (Å²) in [6, 6.07) is 12.0. The van der Waals surface area contributed by atoms with Crippen LogP contribution in [-0.4, -0.2) is 31.1 Å². The molecule has 7 nitrogen and oxygen atoms in total. The quantitative estimate of drug-likeness (QED) is 0.405. The van der Waals surface area contributed by atoms with E-state index in [1.165, 1.54) is 6.08 Å².